The normalized spacial score (nSPS) is 10.9. The molecule has 0 saturated heterocycles. The first-order valence-corrected chi connectivity index (χ1v) is 8.47. The molecule has 138 valence electrons. The van der Waals surface area contributed by atoms with Crippen molar-refractivity contribution >= 4 is 11.9 Å². The summed E-state index contributed by atoms with van der Waals surface area (Å²) < 4.78 is 10.3. The summed E-state index contributed by atoms with van der Waals surface area (Å²) >= 11 is 0. The van der Waals surface area contributed by atoms with Crippen molar-refractivity contribution in [1.29, 1.82) is 0 Å². The fourth-order valence-corrected chi connectivity index (χ4v) is 2.30. The van der Waals surface area contributed by atoms with Gasteiger partial charge in [0.25, 0.3) is 5.91 Å². The molecule has 1 amide bonds. The van der Waals surface area contributed by atoms with E-state index in [1.165, 1.54) is 12.7 Å². The molecule has 0 heterocycles. The Kier molecular flexibility index (Phi) is 6.39. The first-order chi connectivity index (χ1) is 12.3. The quantitative estimate of drug-likeness (QED) is 0.806. The third-order valence-electron chi connectivity index (χ3n) is 3.96. The van der Waals surface area contributed by atoms with Gasteiger partial charge in [-0.3, -0.25) is 9.59 Å². The number of rotatable bonds is 6. The average Bonchev–Trinajstić information content (AvgIpc) is 2.64. The van der Waals surface area contributed by atoms with E-state index in [9.17, 15) is 9.59 Å². The Morgan fingerprint density at radius 1 is 0.962 bits per heavy atom. The summed E-state index contributed by atoms with van der Waals surface area (Å²) in [6, 6.07) is 15.1. The standard InChI is InChI=1S/C21H25NO4/c1-21(2,3)17-9-11-18(12-10-17)26-14-15-5-7-16(8-6-15)20(24)22-13-19(23)25-4/h5-12H,13-14H2,1-4H3,(H,22,24). The highest BCUT2D eigenvalue weighted by atomic mass is 16.5. The van der Waals surface area contributed by atoms with Crippen LogP contribution >= 0.6 is 0 Å². The number of ether oxygens (including phenoxy) is 2. The van der Waals surface area contributed by atoms with Crippen molar-refractivity contribution in [1.82, 2.24) is 5.32 Å². The molecule has 0 spiro atoms. The number of carbonyl (C=O) groups excluding carboxylic acids is 2. The number of methoxy groups -OCH3 is 1. The van der Waals surface area contributed by atoms with Crippen LogP contribution < -0.4 is 10.1 Å². The van der Waals surface area contributed by atoms with E-state index in [1.807, 2.05) is 24.3 Å². The van der Waals surface area contributed by atoms with Crippen LogP contribution in [0.15, 0.2) is 48.5 Å². The number of amides is 1. The smallest absolute Gasteiger partial charge is 0.325 e. The molecular weight excluding hydrogens is 330 g/mol. The minimum Gasteiger partial charge on any atom is -0.489 e. The van der Waals surface area contributed by atoms with Crippen LogP contribution in [0.4, 0.5) is 0 Å². The second-order valence-electron chi connectivity index (χ2n) is 7.02. The van der Waals surface area contributed by atoms with Gasteiger partial charge in [0.1, 0.15) is 18.9 Å². The molecule has 26 heavy (non-hydrogen) atoms. The highest BCUT2D eigenvalue weighted by Gasteiger charge is 2.13. The molecule has 0 unspecified atom stereocenters. The van der Waals surface area contributed by atoms with Gasteiger partial charge in [0.2, 0.25) is 0 Å². The highest BCUT2D eigenvalue weighted by molar-refractivity contribution is 5.95. The molecule has 0 aliphatic heterocycles. The summed E-state index contributed by atoms with van der Waals surface area (Å²) in [7, 11) is 1.28. The molecule has 2 aromatic rings. The minimum atomic E-state index is -0.485. The molecule has 5 nitrogen and oxygen atoms in total. The maximum Gasteiger partial charge on any atom is 0.325 e. The molecule has 0 fully saturated rings. The summed E-state index contributed by atoms with van der Waals surface area (Å²) in [6.07, 6.45) is 0. The van der Waals surface area contributed by atoms with Crippen LogP contribution in [-0.4, -0.2) is 25.5 Å². The fourth-order valence-electron chi connectivity index (χ4n) is 2.30. The van der Waals surface area contributed by atoms with Gasteiger partial charge in [0.15, 0.2) is 0 Å². The molecule has 0 atom stereocenters. The van der Waals surface area contributed by atoms with E-state index in [0.717, 1.165) is 11.3 Å². The molecule has 0 bridgehead atoms. The highest BCUT2D eigenvalue weighted by Crippen LogP contribution is 2.24. The van der Waals surface area contributed by atoms with Crippen molar-refractivity contribution in [2.75, 3.05) is 13.7 Å². The van der Waals surface area contributed by atoms with Gasteiger partial charge in [-0.05, 0) is 40.8 Å². The van der Waals surface area contributed by atoms with E-state index >= 15 is 0 Å². The number of hydrogen-bond donors (Lipinski definition) is 1. The van der Waals surface area contributed by atoms with E-state index in [1.54, 1.807) is 12.1 Å². The van der Waals surface area contributed by atoms with Crippen LogP contribution in [0.1, 0.15) is 42.3 Å². The van der Waals surface area contributed by atoms with Gasteiger partial charge in [-0.25, -0.2) is 0 Å². The molecule has 1 N–H and O–H groups in total. The Morgan fingerprint density at radius 2 is 1.58 bits per heavy atom. The molecule has 2 rings (SSSR count). The molecular formula is C21H25NO4. The van der Waals surface area contributed by atoms with E-state index in [2.05, 4.69) is 43.0 Å². The first-order valence-electron chi connectivity index (χ1n) is 8.47. The molecule has 2 aromatic carbocycles. The zero-order chi connectivity index (χ0) is 19.2. The van der Waals surface area contributed by atoms with Crippen molar-refractivity contribution in [2.45, 2.75) is 32.8 Å². The van der Waals surface area contributed by atoms with Gasteiger partial charge in [-0.15, -0.1) is 0 Å². The zero-order valence-electron chi connectivity index (χ0n) is 15.7. The zero-order valence-corrected chi connectivity index (χ0v) is 15.7. The van der Waals surface area contributed by atoms with E-state index < -0.39 is 5.97 Å². The van der Waals surface area contributed by atoms with Crippen molar-refractivity contribution in [2.24, 2.45) is 0 Å². The predicted octanol–water partition coefficient (Wildman–Crippen LogP) is 3.47. The van der Waals surface area contributed by atoms with Crippen LogP contribution in [0.25, 0.3) is 0 Å². The monoisotopic (exact) mass is 355 g/mol. The van der Waals surface area contributed by atoms with Crippen molar-refractivity contribution < 1.29 is 19.1 Å². The lowest BCUT2D eigenvalue weighted by molar-refractivity contribution is -0.139. The Labute approximate surface area is 154 Å². The summed E-state index contributed by atoms with van der Waals surface area (Å²) in [5, 5.41) is 2.50. The van der Waals surface area contributed by atoms with Crippen molar-refractivity contribution in [3.63, 3.8) is 0 Å². The Balaban J connectivity index is 1.89. The minimum absolute atomic E-state index is 0.114. The maximum absolute atomic E-state index is 11.9. The summed E-state index contributed by atoms with van der Waals surface area (Å²) in [5.41, 5.74) is 2.80. The summed E-state index contributed by atoms with van der Waals surface area (Å²) in [4.78, 5) is 23.0. The van der Waals surface area contributed by atoms with Crippen LogP contribution in [0.3, 0.4) is 0 Å². The van der Waals surface area contributed by atoms with E-state index in [0.29, 0.717) is 12.2 Å². The molecule has 0 aromatic heterocycles. The summed E-state index contributed by atoms with van der Waals surface area (Å²) in [5.74, 6) is -0.000570. The second-order valence-corrected chi connectivity index (χ2v) is 7.02. The largest absolute Gasteiger partial charge is 0.489 e. The maximum atomic E-state index is 11.9. The van der Waals surface area contributed by atoms with Crippen LogP contribution in [0, 0.1) is 0 Å². The van der Waals surface area contributed by atoms with Gasteiger partial charge < -0.3 is 14.8 Å². The lowest BCUT2D eigenvalue weighted by Crippen LogP contribution is -2.30. The lowest BCUT2D eigenvalue weighted by Gasteiger charge is -2.19. The van der Waals surface area contributed by atoms with Gasteiger partial charge in [0, 0.05) is 5.56 Å². The third-order valence-corrected chi connectivity index (χ3v) is 3.96. The fraction of sp³-hybridized carbons (Fsp3) is 0.333. The van der Waals surface area contributed by atoms with E-state index in [4.69, 9.17) is 4.74 Å². The van der Waals surface area contributed by atoms with Crippen LogP contribution in [0.2, 0.25) is 0 Å². The molecule has 5 heteroatoms. The Morgan fingerprint density at radius 3 is 2.12 bits per heavy atom. The van der Waals surface area contributed by atoms with Crippen LogP contribution in [0.5, 0.6) is 5.75 Å². The predicted molar refractivity (Wildman–Crippen MR) is 100 cm³/mol. The Bertz CT molecular complexity index is 743. The van der Waals surface area contributed by atoms with Gasteiger partial charge >= 0.3 is 5.97 Å². The Hall–Kier alpha value is -2.82. The first kappa shape index (κ1) is 19.5. The average molecular weight is 355 g/mol. The number of nitrogens with one attached hydrogen (secondary N) is 1. The second kappa shape index (κ2) is 8.52. The topological polar surface area (TPSA) is 64.6 Å². The number of hydrogen-bond acceptors (Lipinski definition) is 4. The molecule has 0 aliphatic rings. The SMILES string of the molecule is COC(=O)CNC(=O)c1ccc(COc2ccc(C(C)(C)C)cc2)cc1. The molecule has 0 aliphatic carbocycles. The van der Waals surface area contributed by atoms with Crippen molar-refractivity contribution in [3.8, 4) is 5.75 Å². The van der Waals surface area contributed by atoms with Crippen molar-refractivity contribution in [3.05, 3.63) is 65.2 Å². The third kappa shape index (κ3) is 5.62. The molecule has 0 radical (unpaired) electrons. The van der Waals surface area contributed by atoms with Gasteiger partial charge in [0.05, 0.1) is 7.11 Å². The van der Waals surface area contributed by atoms with Crippen LogP contribution in [-0.2, 0) is 21.6 Å². The van der Waals surface area contributed by atoms with Gasteiger partial charge in [-0.2, -0.15) is 0 Å². The molecule has 0 saturated carbocycles. The number of benzene rings is 2. The number of carbonyl (C=O) groups is 2. The lowest BCUT2D eigenvalue weighted by atomic mass is 9.87. The van der Waals surface area contributed by atoms with Gasteiger partial charge in [-0.1, -0.05) is 45.0 Å². The van der Waals surface area contributed by atoms with E-state index in [-0.39, 0.29) is 17.9 Å². The summed E-state index contributed by atoms with van der Waals surface area (Å²) in [6.45, 7) is 6.78. The number of esters is 1.